The molecule has 5 heteroatoms. The van der Waals surface area contributed by atoms with Crippen molar-refractivity contribution in [1.29, 1.82) is 0 Å². The van der Waals surface area contributed by atoms with Crippen molar-refractivity contribution in [3.05, 3.63) is 35.0 Å². The molecular formula is C19H25ClN2O2. The van der Waals surface area contributed by atoms with Gasteiger partial charge in [-0.2, -0.15) is 0 Å². The number of piperidine rings is 3. The van der Waals surface area contributed by atoms with Crippen molar-refractivity contribution in [3.63, 3.8) is 0 Å². The molecule has 4 nitrogen and oxygen atoms in total. The van der Waals surface area contributed by atoms with Crippen molar-refractivity contribution in [1.82, 2.24) is 9.88 Å². The number of ether oxygens (including phenoxy) is 1. The number of hydrogen-bond acceptors (Lipinski definition) is 3. The second-order valence-corrected chi connectivity index (χ2v) is 7.30. The van der Waals surface area contributed by atoms with Crippen molar-refractivity contribution in [2.75, 3.05) is 26.2 Å². The van der Waals surface area contributed by atoms with Gasteiger partial charge in [0.2, 0.25) is 0 Å². The third-order valence-corrected chi connectivity index (χ3v) is 5.98. The van der Waals surface area contributed by atoms with Gasteiger partial charge >= 0.3 is 5.97 Å². The number of aryl methyl sites for hydroxylation is 2. The molecule has 3 aliphatic rings. The van der Waals surface area contributed by atoms with E-state index in [1.807, 2.05) is 6.07 Å². The van der Waals surface area contributed by atoms with E-state index < -0.39 is 0 Å². The highest BCUT2D eigenvalue weighted by atomic mass is 35.5. The van der Waals surface area contributed by atoms with Crippen LogP contribution in [0.25, 0.3) is 10.9 Å². The molecule has 0 amide bonds. The molecule has 24 heavy (non-hydrogen) atoms. The van der Waals surface area contributed by atoms with E-state index >= 15 is 0 Å². The fraction of sp³-hybridized carbons (Fsp3) is 0.526. The number of carbonyl (C=O) groups is 1. The SMILES string of the molecule is Cc1ccc2[nH]cc(C(=O)OCC34CCN(CC3)CC4)c2c1C.Cl. The number of nitrogens with one attached hydrogen (secondary N) is 1. The Labute approximate surface area is 149 Å². The van der Waals surface area contributed by atoms with Crippen molar-refractivity contribution in [2.45, 2.75) is 33.1 Å². The Morgan fingerprint density at radius 3 is 2.54 bits per heavy atom. The highest BCUT2D eigenvalue weighted by molar-refractivity contribution is 6.05. The lowest BCUT2D eigenvalue weighted by molar-refractivity contribution is -0.0304. The molecule has 1 N–H and O–H groups in total. The zero-order valence-electron chi connectivity index (χ0n) is 14.4. The lowest BCUT2D eigenvalue weighted by Gasteiger charge is -2.47. The van der Waals surface area contributed by atoms with E-state index in [0.29, 0.717) is 12.2 Å². The van der Waals surface area contributed by atoms with Crippen LogP contribution in [0.2, 0.25) is 0 Å². The number of aromatic amines is 1. The molecule has 130 valence electrons. The molecule has 0 aliphatic carbocycles. The number of benzene rings is 1. The number of fused-ring (bicyclic) bond motifs is 4. The summed E-state index contributed by atoms with van der Waals surface area (Å²) >= 11 is 0. The van der Waals surface area contributed by atoms with Gasteiger partial charge in [0.05, 0.1) is 12.2 Å². The maximum absolute atomic E-state index is 12.6. The van der Waals surface area contributed by atoms with Gasteiger partial charge in [0.25, 0.3) is 0 Å². The Bertz CT molecular complexity index is 746. The smallest absolute Gasteiger partial charge is 0.340 e. The first-order chi connectivity index (χ1) is 11.1. The number of aromatic nitrogens is 1. The number of hydrogen-bond donors (Lipinski definition) is 1. The minimum Gasteiger partial charge on any atom is -0.461 e. The van der Waals surface area contributed by atoms with Gasteiger partial charge in [-0.05, 0) is 69.9 Å². The topological polar surface area (TPSA) is 45.3 Å². The summed E-state index contributed by atoms with van der Waals surface area (Å²) in [5.41, 5.74) is 4.25. The summed E-state index contributed by atoms with van der Waals surface area (Å²) in [6.45, 7) is 8.18. The lowest BCUT2D eigenvalue weighted by Crippen LogP contribution is -2.50. The van der Waals surface area contributed by atoms with E-state index in [2.05, 4.69) is 29.8 Å². The molecule has 0 saturated carbocycles. The van der Waals surface area contributed by atoms with Crippen LogP contribution in [0.4, 0.5) is 0 Å². The Hall–Kier alpha value is -1.52. The van der Waals surface area contributed by atoms with Crippen LogP contribution in [-0.2, 0) is 4.74 Å². The molecule has 5 rings (SSSR count). The lowest BCUT2D eigenvalue weighted by atomic mass is 9.73. The van der Waals surface area contributed by atoms with Crippen LogP contribution in [0, 0.1) is 19.3 Å². The predicted molar refractivity (Wildman–Crippen MR) is 98.0 cm³/mol. The van der Waals surface area contributed by atoms with Crippen molar-refractivity contribution < 1.29 is 9.53 Å². The van der Waals surface area contributed by atoms with Gasteiger partial charge in [-0.3, -0.25) is 0 Å². The molecule has 3 saturated heterocycles. The molecule has 2 bridgehead atoms. The second kappa shape index (κ2) is 6.41. The minimum atomic E-state index is -0.188. The van der Waals surface area contributed by atoms with Crippen molar-refractivity contribution in [2.24, 2.45) is 5.41 Å². The van der Waals surface area contributed by atoms with E-state index in [-0.39, 0.29) is 23.8 Å². The number of carbonyl (C=O) groups excluding carboxylic acids is 1. The summed E-state index contributed by atoms with van der Waals surface area (Å²) < 4.78 is 5.77. The van der Waals surface area contributed by atoms with Gasteiger partial charge in [0.15, 0.2) is 0 Å². The highest BCUT2D eigenvalue weighted by Crippen LogP contribution is 2.40. The summed E-state index contributed by atoms with van der Waals surface area (Å²) in [5, 5.41) is 1.01. The number of H-pyrrole nitrogens is 1. The molecule has 1 aromatic carbocycles. The average molecular weight is 349 g/mol. The molecule has 1 aromatic heterocycles. The summed E-state index contributed by atoms with van der Waals surface area (Å²) in [6.07, 6.45) is 5.27. The Kier molecular flexibility index (Phi) is 4.63. The van der Waals surface area contributed by atoms with E-state index in [9.17, 15) is 4.79 Å². The molecule has 0 atom stereocenters. The maximum Gasteiger partial charge on any atom is 0.340 e. The van der Waals surface area contributed by atoms with E-state index in [4.69, 9.17) is 4.74 Å². The van der Waals surface area contributed by atoms with Crippen LogP contribution >= 0.6 is 12.4 Å². The van der Waals surface area contributed by atoms with Crippen molar-refractivity contribution >= 4 is 29.3 Å². The predicted octanol–water partition coefficient (Wildman–Crippen LogP) is 3.85. The van der Waals surface area contributed by atoms with Crippen LogP contribution in [0.5, 0.6) is 0 Å². The van der Waals surface area contributed by atoms with E-state index in [1.54, 1.807) is 6.20 Å². The highest BCUT2D eigenvalue weighted by Gasteiger charge is 2.40. The van der Waals surface area contributed by atoms with Gasteiger partial charge in [0, 0.05) is 22.5 Å². The monoisotopic (exact) mass is 348 g/mol. The third-order valence-electron chi connectivity index (χ3n) is 5.98. The molecule has 0 spiro atoms. The molecule has 3 aliphatic heterocycles. The fourth-order valence-corrected chi connectivity index (χ4v) is 4.08. The molecule has 0 unspecified atom stereocenters. The summed E-state index contributed by atoms with van der Waals surface area (Å²) in [7, 11) is 0. The zero-order chi connectivity index (χ0) is 16.0. The molecule has 2 aromatic rings. The first-order valence-electron chi connectivity index (χ1n) is 8.55. The van der Waals surface area contributed by atoms with Gasteiger partial charge < -0.3 is 14.6 Å². The number of esters is 1. The number of halogens is 1. The summed E-state index contributed by atoms with van der Waals surface area (Å²) in [5.74, 6) is -0.188. The molecule has 0 radical (unpaired) electrons. The second-order valence-electron chi connectivity index (χ2n) is 7.30. The van der Waals surface area contributed by atoms with Crippen LogP contribution in [0.1, 0.15) is 40.7 Å². The van der Waals surface area contributed by atoms with Gasteiger partial charge in [-0.15, -0.1) is 12.4 Å². The van der Waals surface area contributed by atoms with Crippen LogP contribution in [0.3, 0.4) is 0 Å². The fourth-order valence-electron chi connectivity index (χ4n) is 4.08. The van der Waals surface area contributed by atoms with Crippen LogP contribution in [-0.4, -0.2) is 42.1 Å². The van der Waals surface area contributed by atoms with Gasteiger partial charge in [-0.1, -0.05) is 6.07 Å². The molecule has 3 fully saturated rings. The zero-order valence-corrected chi connectivity index (χ0v) is 15.2. The third kappa shape index (κ3) is 2.82. The first-order valence-corrected chi connectivity index (χ1v) is 8.55. The average Bonchev–Trinajstić information content (AvgIpc) is 3.03. The van der Waals surface area contributed by atoms with E-state index in [1.165, 1.54) is 5.56 Å². The molecular weight excluding hydrogens is 324 g/mol. The van der Waals surface area contributed by atoms with Crippen LogP contribution < -0.4 is 0 Å². The van der Waals surface area contributed by atoms with Gasteiger partial charge in [-0.25, -0.2) is 4.79 Å². The minimum absolute atomic E-state index is 0. The van der Waals surface area contributed by atoms with E-state index in [0.717, 1.165) is 55.4 Å². The maximum atomic E-state index is 12.6. The molecule has 4 heterocycles. The quantitative estimate of drug-likeness (QED) is 0.857. The van der Waals surface area contributed by atoms with Crippen LogP contribution in [0.15, 0.2) is 18.3 Å². The number of nitrogens with zero attached hydrogens (tertiary/aromatic N) is 1. The Morgan fingerprint density at radius 2 is 1.88 bits per heavy atom. The Morgan fingerprint density at radius 1 is 1.21 bits per heavy atom. The standard InChI is InChI=1S/C19H24N2O2.ClH/c1-13-3-4-16-17(14(13)2)15(11-20-16)18(22)23-12-19-5-8-21(9-6-19)10-7-19;/h3-4,11,20H,5-10,12H2,1-2H3;1H. The number of rotatable bonds is 3. The first kappa shape index (κ1) is 17.3. The Balaban J connectivity index is 0.00000169. The summed E-state index contributed by atoms with van der Waals surface area (Å²) in [6, 6.07) is 4.11. The normalized spacial score (nSPS) is 25.5. The van der Waals surface area contributed by atoms with Crippen molar-refractivity contribution in [3.8, 4) is 0 Å². The largest absolute Gasteiger partial charge is 0.461 e. The summed E-state index contributed by atoms with van der Waals surface area (Å²) in [4.78, 5) is 18.4. The van der Waals surface area contributed by atoms with Gasteiger partial charge in [0.1, 0.15) is 0 Å².